The van der Waals surface area contributed by atoms with Crippen molar-refractivity contribution in [3.05, 3.63) is 24.3 Å². The number of esters is 1. The molecule has 0 radical (unpaired) electrons. The zero-order chi connectivity index (χ0) is 8.97. The fraction of sp³-hybridized carbons (Fsp3) is 0.500. The number of hydrogen-bond donors (Lipinski definition) is 0. The molecule has 2 nitrogen and oxygen atoms in total. The van der Waals surface area contributed by atoms with Crippen molar-refractivity contribution in [2.45, 2.75) is 32.3 Å². The second-order valence-electron chi connectivity index (χ2n) is 2.92. The molecule has 2 heteroatoms. The summed E-state index contributed by atoms with van der Waals surface area (Å²) in [6, 6.07) is 0. The molecule has 0 spiro atoms. The summed E-state index contributed by atoms with van der Waals surface area (Å²) in [6.45, 7) is 5.66. The van der Waals surface area contributed by atoms with Crippen LogP contribution in [0, 0.1) is 0 Å². The number of cyclic esters (lactones) is 1. The Hall–Kier alpha value is -1.05. The van der Waals surface area contributed by atoms with Crippen LogP contribution >= 0.6 is 0 Å². The fourth-order valence-electron chi connectivity index (χ4n) is 1.27. The van der Waals surface area contributed by atoms with Crippen LogP contribution in [0.25, 0.3) is 0 Å². The van der Waals surface area contributed by atoms with Gasteiger partial charge in [0.15, 0.2) is 0 Å². The van der Waals surface area contributed by atoms with Gasteiger partial charge < -0.3 is 4.74 Å². The molecule has 1 aliphatic rings. The summed E-state index contributed by atoms with van der Waals surface area (Å²) < 4.78 is 5.09. The van der Waals surface area contributed by atoms with Crippen molar-refractivity contribution in [2.75, 3.05) is 0 Å². The van der Waals surface area contributed by atoms with Gasteiger partial charge >= 0.3 is 5.97 Å². The molecule has 0 bridgehead atoms. The minimum Gasteiger partial charge on any atom is -0.455 e. The monoisotopic (exact) mass is 166 g/mol. The van der Waals surface area contributed by atoms with E-state index in [-0.39, 0.29) is 12.1 Å². The van der Waals surface area contributed by atoms with Crippen molar-refractivity contribution in [3.63, 3.8) is 0 Å². The van der Waals surface area contributed by atoms with Gasteiger partial charge in [-0.2, -0.15) is 0 Å². The molecule has 1 unspecified atom stereocenters. The van der Waals surface area contributed by atoms with E-state index in [4.69, 9.17) is 4.74 Å². The molecule has 0 aliphatic carbocycles. The highest BCUT2D eigenvalue weighted by Gasteiger charge is 2.23. The van der Waals surface area contributed by atoms with Gasteiger partial charge in [-0.05, 0) is 18.9 Å². The fourth-order valence-corrected chi connectivity index (χ4v) is 1.27. The van der Waals surface area contributed by atoms with Crippen molar-refractivity contribution >= 4 is 5.97 Å². The van der Waals surface area contributed by atoms with Crippen LogP contribution in [0.2, 0.25) is 0 Å². The van der Waals surface area contributed by atoms with Crippen LogP contribution in [0.4, 0.5) is 0 Å². The van der Waals surface area contributed by atoms with Gasteiger partial charge in [0, 0.05) is 5.57 Å². The molecule has 1 rings (SSSR count). The highest BCUT2D eigenvalue weighted by atomic mass is 16.5. The third-order valence-corrected chi connectivity index (χ3v) is 1.85. The van der Waals surface area contributed by atoms with Crippen LogP contribution in [0.15, 0.2) is 24.3 Å². The van der Waals surface area contributed by atoms with Gasteiger partial charge in [-0.25, -0.2) is 4.79 Å². The molecule has 1 atom stereocenters. The van der Waals surface area contributed by atoms with Gasteiger partial charge in [0.2, 0.25) is 0 Å². The van der Waals surface area contributed by atoms with E-state index in [9.17, 15) is 4.79 Å². The quantitative estimate of drug-likeness (QED) is 0.473. The van der Waals surface area contributed by atoms with Gasteiger partial charge in [-0.3, -0.25) is 0 Å². The van der Waals surface area contributed by atoms with Gasteiger partial charge in [0.1, 0.15) is 6.10 Å². The SMILES string of the molecule is C=CCC1=CC(CCC)OC1=O. The summed E-state index contributed by atoms with van der Waals surface area (Å²) in [5.41, 5.74) is 0.753. The molecule has 0 aromatic carbocycles. The van der Waals surface area contributed by atoms with Crippen molar-refractivity contribution in [3.8, 4) is 0 Å². The van der Waals surface area contributed by atoms with Crippen molar-refractivity contribution in [1.82, 2.24) is 0 Å². The Morgan fingerprint density at radius 3 is 3.08 bits per heavy atom. The highest BCUT2D eigenvalue weighted by molar-refractivity contribution is 5.91. The number of rotatable bonds is 4. The predicted octanol–water partition coefficient (Wildman–Crippen LogP) is 2.21. The van der Waals surface area contributed by atoms with Gasteiger partial charge in [0.25, 0.3) is 0 Å². The standard InChI is InChI=1S/C10H14O2/c1-3-5-8-7-9(6-4-2)12-10(8)11/h3,7,9H,1,4-6H2,2H3. The maximum Gasteiger partial charge on any atom is 0.334 e. The lowest BCUT2D eigenvalue weighted by atomic mass is 10.1. The maximum absolute atomic E-state index is 11.1. The Bertz CT molecular complexity index is 216. The number of ether oxygens (including phenoxy) is 1. The Morgan fingerprint density at radius 2 is 2.50 bits per heavy atom. The van der Waals surface area contributed by atoms with Crippen LogP contribution in [0.3, 0.4) is 0 Å². The molecule has 1 aliphatic heterocycles. The molecular formula is C10H14O2. The normalized spacial score (nSPS) is 21.9. The van der Waals surface area contributed by atoms with E-state index in [0.29, 0.717) is 6.42 Å². The average molecular weight is 166 g/mol. The Kier molecular flexibility index (Phi) is 3.09. The average Bonchev–Trinajstić information content (AvgIpc) is 2.34. The third-order valence-electron chi connectivity index (χ3n) is 1.85. The van der Waals surface area contributed by atoms with E-state index in [2.05, 4.69) is 13.5 Å². The second kappa shape index (κ2) is 4.10. The van der Waals surface area contributed by atoms with Gasteiger partial charge in [-0.15, -0.1) is 6.58 Å². The van der Waals surface area contributed by atoms with Crippen LogP contribution in [-0.2, 0) is 9.53 Å². The number of allylic oxidation sites excluding steroid dienone is 1. The van der Waals surface area contributed by atoms with Gasteiger partial charge in [-0.1, -0.05) is 19.4 Å². The first-order valence-electron chi connectivity index (χ1n) is 4.30. The van der Waals surface area contributed by atoms with E-state index < -0.39 is 0 Å². The predicted molar refractivity (Wildman–Crippen MR) is 47.7 cm³/mol. The van der Waals surface area contributed by atoms with E-state index in [1.54, 1.807) is 6.08 Å². The van der Waals surface area contributed by atoms with Gasteiger partial charge in [0.05, 0.1) is 0 Å². The smallest absolute Gasteiger partial charge is 0.334 e. The summed E-state index contributed by atoms with van der Waals surface area (Å²) in [4.78, 5) is 11.1. The van der Waals surface area contributed by atoms with Crippen molar-refractivity contribution in [1.29, 1.82) is 0 Å². The lowest BCUT2D eigenvalue weighted by molar-refractivity contribution is -0.139. The topological polar surface area (TPSA) is 26.3 Å². The maximum atomic E-state index is 11.1. The molecule has 0 aromatic rings. The zero-order valence-corrected chi connectivity index (χ0v) is 7.38. The first kappa shape index (κ1) is 9.04. The Balaban J connectivity index is 2.54. The number of hydrogen-bond acceptors (Lipinski definition) is 2. The van der Waals surface area contributed by atoms with E-state index in [1.807, 2.05) is 6.08 Å². The van der Waals surface area contributed by atoms with E-state index >= 15 is 0 Å². The van der Waals surface area contributed by atoms with Crippen LogP contribution < -0.4 is 0 Å². The minimum atomic E-state index is -0.173. The van der Waals surface area contributed by atoms with Crippen molar-refractivity contribution < 1.29 is 9.53 Å². The number of carbonyl (C=O) groups excluding carboxylic acids is 1. The molecule has 0 N–H and O–H groups in total. The zero-order valence-electron chi connectivity index (χ0n) is 7.38. The van der Waals surface area contributed by atoms with Crippen LogP contribution in [0.1, 0.15) is 26.2 Å². The molecule has 0 fully saturated rings. The molecule has 0 aromatic heterocycles. The lowest BCUT2D eigenvalue weighted by Gasteiger charge is -2.04. The first-order chi connectivity index (χ1) is 5.77. The molecule has 0 amide bonds. The summed E-state index contributed by atoms with van der Waals surface area (Å²) in [5, 5.41) is 0. The van der Waals surface area contributed by atoms with E-state index in [1.165, 1.54) is 0 Å². The molecule has 0 saturated carbocycles. The van der Waals surface area contributed by atoms with E-state index in [0.717, 1.165) is 18.4 Å². The van der Waals surface area contributed by atoms with Crippen LogP contribution in [-0.4, -0.2) is 12.1 Å². The molecule has 0 saturated heterocycles. The molecular weight excluding hydrogens is 152 g/mol. The molecule has 1 heterocycles. The molecule has 66 valence electrons. The summed E-state index contributed by atoms with van der Waals surface area (Å²) >= 11 is 0. The first-order valence-corrected chi connectivity index (χ1v) is 4.30. The minimum absolute atomic E-state index is 0.0115. The molecule has 12 heavy (non-hydrogen) atoms. The largest absolute Gasteiger partial charge is 0.455 e. The Labute approximate surface area is 72.9 Å². The second-order valence-corrected chi connectivity index (χ2v) is 2.92. The highest BCUT2D eigenvalue weighted by Crippen LogP contribution is 2.19. The van der Waals surface area contributed by atoms with Crippen LogP contribution in [0.5, 0.6) is 0 Å². The van der Waals surface area contributed by atoms with Crippen molar-refractivity contribution in [2.24, 2.45) is 0 Å². The Morgan fingerprint density at radius 1 is 1.75 bits per heavy atom. The summed E-state index contributed by atoms with van der Waals surface area (Å²) in [7, 11) is 0. The lowest BCUT2D eigenvalue weighted by Crippen LogP contribution is -2.07. The summed E-state index contributed by atoms with van der Waals surface area (Å²) in [5.74, 6) is -0.173. The number of carbonyl (C=O) groups is 1. The summed E-state index contributed by atoms with van der Waals surface area (Å²) in [6.07, 6.45) is 6.23. The third kappa shape index (κ3) is 1.97.